The molecule has 3 nitrogen and oxygen atoms in total. The molecule has 0 radical (unpaired) electrons. The number of aliphatic hydroxyl groups excluding tert-OH is 1. The highest BCUT2D eigenvalue weighted by atomic mass is 16.3. The molecule has 1 atom stereocenters. The van der Waals surface area contributed by atoms with Gasteiger partial charge in [-0.25, -0.2) is 0 Å². The average Bonchev–Trinajstić information content (AvgIpc) is 3.19. The summed E-state index contributed by atoms with van der Waals surface area (Å²) >= 11 is 0. The minimum atomic E-state index is -0.0958. The van der Waals surface area contributed by atoms with Gasteiger partial charge in [-0.3, -0.25) is 0 Å². The Hall–Kier alpha value is -0.120. The van der Waals surface area contributed by atoms with E-state index in [9.17, 15) is 5.11 Å². The molecule has 0 bridgehead atoms. The molecule has 106 valence electrons. The molecule has 0 aromatic rings. The van der Waals surface area contributed by atoms with E-state index in [0.29, 0.717) is 5.41 Å². The van der Waals surface area contributed by atoms with E-state index in [1.165, 1.54) is 32.2 Å². The molecule has 0 aromatic heterocycles. The van der Waals surface area contributed by atoms with E-state index in [1.807, 2.05) is 0 Å². The van der Waals surface area contributed by atoms with Gasteiger partial charge in [0.25, 0.3) is 0 Å². The second kappa shape index (κ2) is 6.36. The smallest absolute Gasteiger partial charge is 0.0667 e. The van der Waals surface area contributed by atoms with E-state index in [2.05, 4.69) is 24.1 Å². The number of rotatable bonds is 7. The van der Waals surface area contributed by atoms with Crippen molar-refractivity contribution in [3.8, 4) is 0 Å². The van der Waals surface area contributed by atoms with E-state index in [4.69, 9.17) is 0 Å². The minimum absolute atomic E-state index is 0.0958. The highest BCUT2D eigenvalue weighted by Gasteiger charge is 2.32. The van der Waals surface area contributed by atoms with Crippen molar-refractivity contribution >= 4 is 0 Å². The number of nitrogens with zero attached hydrogens (tertiary/aromatic N) is 1. The first-order chi connectivity index (χ1) is 8.67. The number of hydrogen-bond donors (Lipinski definition) is 2. The lowest BCUT2D eigenvalue weighted by Gasteiger charge is -2.40. The third kappa shape index (κ3) is 3.94. The van der Waals surface area contributed by atoms with Crippen molar-refractivity contribution in [2.75, 3.05) is 26.2 Å². The van der Waals surface area contributed by atoms with Crippen LogP contribution in [0.25, 0.3) is 0 Å². The summed E-state index contributed by atoms with van der Waals surface area (Å²) in [4.78, 5) is 2.48. The van der Waals surface area contributed by atoms with Crippen LogP contribution in [0.2, 0.25) is 0 Å². The number of aliphatic hydroxyl groups is 1. The Morgan fingerprint density at radius 1 is 1.22 bits per heavy atom. The standard InChI is InChI=1S/C15H30N2O/c1-3-15(4-2,11-16-13-7-8-13)12-17-9-5-6-14(18)10-17/h13-14,16,18H,3-12H2,1-2H3. The van der Waals surface area contributed by atoms with Crippen molar-refractivity contribution < 1.29 is 5.11 Å². The summed E-state index contributed by atoms with van der Waals surface area (Å²) in [5.41, 5.74) is 0.402. The molecule has 1 saturated heterocycles. The van der Waals surface area contributed by atoms with Gasteiger partial charge in [0, 0.05) is 25.7 Å². The maximum Gasteiger partial charge on any atom is 0.0667 e. The zero-order chi connectivity index (χ0) is 13.0. The van der Waals surface area contributed by atoms with Gasteiger partial charge in [0.1, 0.15) is 0 Å². The zero-order valence-electron chi connectivity index (χ0n) is 12.1. The maximum absolute atomic E-state index is 9.79. The molecule has 1 heterocycles. The Kier molecular flexibility index (Phi) is 5.05. The van der Waals surface area contributed by atoms with Crippen molar-refractivity contribution in [2.45, 2.75) is 64.5 Å². The monoisotopic (exact) mass is 254 g/mol. The number of β-amino-alcohol motifs (C(OH)–C–C–N with tert-alkyl or cyclic N) is 1. The number of likely N-dealkylation sites (tertiary alicyclic amines) is 1. The van der Waals surface area contributed by atoms with E-state index in [0.717, 1.165) is 38.5 Å². The largest absolute Gasteiger partial charge is 0.392 e. The van der Waals surface area contributed by atoms with Crippen LogP contribution < -0.4 is 5.32 Å². The first-order valence-electron chi connectivity index (χ1n) is 7.81. The Morgan fingerprint density at radius 3 is 2.50 bits per heavy atom. The van der Waals surface area contributed by atoms with Crippen molar-refractivity contribution in [3.05, 3.63) is 0 Å². The van der Waals surface area contributed by atoms with Crippen LogP contribution in [0.15, 0.2) is 0 Å². The molecule has 0 spiro atoms. The van der Waals surface area contributed by atoms with Crippen LogP contribution in [0.5, 0.6) is 0 Å². The first kappa shape index (κ1) is 14.3. The fourth-order valence-electron chi connectivity index (χ4n) is 3.08. The van der Waals surface area contributed by atoms with Gasteiger partial charge in [0.05, 0.1) is 6.10 Å². The van der Waals surface area contributed by atoms with Crippen LogP contribution >= 0.6 is 0 Å². The van der Waals surface area contributed by atoms with Gasteiger partial charge in [-0.2, -0.15) is 0 Å². The molecule has 3 heteroatoms. The summed E-state index contributed by atoms with van der Waals surface area (Å²) in [6.45, 7) is 8.98. The number of piperidine rings is 1. The molecular formula is C15H30N2O. The summed E-state index contributed by atoms with van der Waals surface area (Å²) in [5, 5.41) is 13.5. The second-order valence-corrected chi connectivity index (χ2v) is 6.39. The van der Waals surface area contributed by atoms with Gasteiger partial charge in [-0.1, -0.05) is 13.8 Å². The maximum atomic E-state index is 9.79. The lowest BCUT2D eigenvalue weighted by atomic mass is 9.81. The Morgan fingerprint density at radius 2 is 1.94 bits per heavy atom. The van der Waals surface area contributed by atoms with Gasteiger partial charge < -0.3 is 15.3 Å². The number of hydrogen-bond acceptors (Lipinski definition) is 3. The van der Waals surface area contributed by atoms with Gasteiger partial charge >= 0.3 is 0 Å². The van der Waals surface area contributed by atoms with Crippen LogP contribution in [0.4, 0.5) is 0 Å². The molecule has 1 saturated carbocycles. The second-order valence-electron chi connectivity index (χ2n) is 6.39. The third-order valence-corrected chi connectivity index (χ3v) is 4.88. The van der Waals surface area contributed by atoms with Crippen LogP contribution in [0.1, 0.15) is 52.4 Å². The molecule has 1 aliphatic carbocycles. The quantitative estimate of drug-likeness (QED) is 0.729. The van der Waals surface area contributed by atoms with Gasteiger partial charge in [-0.15, -0.1) is 0 Å². The average molecular weight is 254 g/mol. The summed E-state index contributed by atoms with van der Waals surface area (Å²) in [7, 11) is 0. The third-order valence-electron chi connectivity index (χ3n) is 4.88. The van der Waals surface area contributed by atoms with Gasteiger partial charge in [0.15, 0.2) is 0 Å². The molecule has 18 heavy (non-hydrogen) atoms. The molecule has 0 amide bonds. The van der Waals surface area contributed by atoms with Crippen LogP contribution in [-0.2, 0) is 0 Å². The van der Waals surface area contributed by atoms with Crippen molar-refractivity contribution in [2.24, 2.45) is 5.41 Å². The minimum Gasteiger partial charge on any atom is -0.392 e. The summed E-state index contributed by atoms with van der Waals surface area (Å²) in [6, 6.07) is 0.800. The van der Waals surface area contributed by atoms with E-state index in [-0.39, 0.29) is 6.10 Å². The summed E-state index contributed by atoms with van der Waals surface area (Å²) in [5.74, 6) is 0. The molecule has 2 fully saturated rings. The lowest BCUT2D eigenvalue weighted by Crippen LogP contribution is -2.48. The summed E-state index contributed by atoms with van der Waals surface area (Å²) < 4.78 is 0. The van der Waals surface area contributed by atoms with E-state index >= 15 is 0 Å². The van der Waals surface area contributed by atoms with Crippen molar-refractivity contribution in [1.29, 1.82) is 0 Å². The zero-order valence-corrected chi connectivity index (χ0v) is 12.1. The van der Waals surface area contributed by atoms with Crippen LogP contribution in [0.3, 0.4) is 0 Å². The Bertz CT molecular complexity index is 249. The summed E-state index contributed by atoms with van der Waals surface area (Å²) in [6.07, 6.45) is 7.24. The van der Waals surface area contributed by atoms with Gasteiger partial charge in [0.2, 0.25) is 0 Å². The fraction of sp³-hybridized carbons (Fsp3) is 1.00. The SMILES string of the molecule is CCC(CC)(CNC1CC1)CN1CCCC(O)C1. The predicted molar refractivity (Wildman–Crippen MR) is 75.7 cm³/mol. The van der Waals surface area contributed by atoms with Crippen molar-refractivity contribution in [1.82, 2.24) is 10.2 Å². The molecular weight excluding hydrogens is 224 g/mol. The number of nitrogens with one attached hydrogen (secondary N) is 1. The molecule has 1 unspecified atom stereocenters. The first-order valence-corrected chi connectivity index (χ1v) is 7.81. The molecule has 2 rings (SSSR count). The highest BCUT2D eigenvalue weighted by molar-refractivity contribution is 4.89. The highest BCUT2D eigenvalue weighted by Crippen LogP contribution is 2.30. The van der Waals surface area contributed by atoms with Crippen LogP contribution in [-0.4, -0.2) is 48.3 Å². The molecule has 0 aromatic carbocycles. The fourth-order valence-corrected chi connectivity index (χ4v) is 3.08. The van der Waals surface area contributed by atoms with Crippen molar-refractivity contribution in [3.63, 3.8) is 0 Å². The predicted octanol–water partition coefficient (Wildman–Crippen LogP) is 2.00. The lowest BCUT2D eigenvalue weighted by molar-refractivity contribution is 0.0398. The molecule has 2 N–H and O–H groups in total. The molecule has 2 aliphatic rings. The normalized spacial score (nSPS) is 26.5. The Labute approximate surface area is 112 Å². The topological polar surface area (TPSA) is 35.5 Å². The van der Waals surface area contributed by atoms with Crippen LogP contribution in [0, 0.1) is 5.41 Å². The van der Waals surface area contributed by atoms with E-state index < -0.39 is 0 Å². The Balaban J connectivity index is 1.86. The van der Waals surface area contributed by atoms with Gasteiger partial charge in [-0.05, 0) is 50.5 Å². The molecule has 1 aliphatic heterocycles. The van der Waals surface area contributed by atoms with E-state index in [1.54, 1.807) is 0 Å².